The van der Waals surface area contributed by atoms with Crippen LogP contribution in [0.5, 0.6) is 0 Å². The Kier molecular flexibility index (Phi) is 3.82. The minimum absolute atomic E-state index is 0.143. The van der Waals surface area contributed by atoms with Gasteiger partial charge in [-0.3, -0.25) is 4.79 Å². The number of rotatable bonds is 3. The van der Waals surface area contributed by atoms with E-state index in [9.17, 15) is 4.79 Å². The van der Waals surface area contributed by atoms with Crippen LogP contribution in [0.15, 0.2) is 24.3 Å². The van der Waals surface area contributed by atoms with E-state index >= 15 is 0 Å². The Bertz CT molecular complexity index is 864. The fourth-order valence-electron chi connectivity index (χ4n) is 2.57. The summed E-state index contributed by atoms with van der Waals surface area (Å²) in [6.45, 7) is 6.07. The molecule has 0 aliphatic heterocycles. The van der Waals surface area contributed by atoms with Gasteiger partial charge in [0.15, 0.2) is 0 Å². The highest BCUT2D eigenvalue weighted by atomic mass is 16.2. The molecule has 0 unspecified atom stereocenters. The van der Waals surface area contributed by atoms with E-state index in [2.05, 4.69) is 19.9 Å². The first kappa shape index (κ1) is 15.1. The molecule has 0 bridgehead atoms. The largest absolute Gasteiger partial charge is 0.340 e. The Morgan fingerprint density at radius 2 is 1.91 bits per heavy atom. The van der Waals surface area contributed by atoms with Crippen molar-refractivity contribution in [3.8, 4) is 0 Å². The van der Waals surface area contributed by atoms with Crippen LogP contribution in [0.2, 0.25) is 0 Å². The zero-order valence-electron chi connectivity index (χ0n) is 13.7. The maximum Gasteiger partial charge on any atom is 0.272 e. The molecule has 3 aromatic rings. The molecule has 2 heterocycles. The molecule has 0 atom stereocenters. The minimum Gasteiger partial charge on any atom is -0.340 e. The first-order chi connectivity index (χ1) is 10.9. The molecule has 0 spiro atoms. The molecule has 3 rings (SSSR count). The van der Waals surface area contributed by atoms with Crippen molar-refractivity contribution in [2.75, 3.05) is 7.05 Å². The zero-order chi connectivity index (χ0) is 16.6. The quantitative estimate of drug-likeness (QED) is 0.807. The van der Waals surface area contributed by atoms with Crippen molar-refractivity contribution in [3.05, 3.63) is 52.9 Å². The fourth-order valence-corrected chi connectivity index (χ4v) is 2.57. The number of amides is 1. The van der Waals surface area contributed by atoms with Gasteiger partial charge in [0, 0.05) is 12.7 Å². The van der Waals surface area contributed by atoms with Crippen LogP contribution in [0.25, 0.3) is 11.0 Å². The molecule has 0 radical (unpaired) electrons. The lowest BCUT2D eigenvalue weighted by Gasteiger charge is -2.15. The molecule has 0 saturated heterocycles. The van der Waals surface area contributed by atoms with Crippen molar-refractivity contribution in [2.24, 2.45) is 0 Å². The van der Waals surface area contributed by atoms with E-state index in [4.69, 9.17) is 0 Å². The molecule has 118 valence electrons. The van der Waals surface area contributed by atoms with E-state index in [1.54, 1.807) is 24.9 Å². The van der Waals surface area contributed by atoms with Crippen LogP contribution in [-0.4, -0.2) is 37.8 Å². The van der Waals surface area contributed by atoms with Crippen molar-refractivity contribution in [1.82, 2.24) is 24.8 Å². The van der Waals surface area contributed by atoms with Crippen LogP contribution < -0.4 is 0 Å². The topological polar surface area (TPSA) is 74.8 Å². The summed E-state index contributed by atoms with van der Waals surface area (Å²) in [6.07, 6.45) is 0. The second-order valence-electron chi connectivity index (χ2n) is 5.81. The summed E-state index contributed by atoms with van der Waals surface area (Å²) in [4.78, 5) is 30.3. The van der Waals surface area contributed by atoms with Crippen molar-refractivity contribution >= 4 is 16.9 Å². The van der Waals surface area contributed by atoms with Crippen molar-refractivity contribution in [2.45, 2.75) is 27.3 Å². The average Bonchev–Trinajstić information content (AvgIpc) is 2.86. The zero-order valence-corrected chi connectivity index (χ0v) is 13.7. The van der Waals surface area contributed by atoms with E-state index in [0.29, 0.717) is 18.1 Å². The average molecular weight is 309 g/mol. The first-order valence-electron chi connectivity index (χ1n) is 7.45. The number of aromatic nitrogens is 4. The van der Waals surface area contributed by atoms with Crippen LogP contribution in [0.1, 0.15) is 33.4 Å². The summed E-state index contributed by atoms with van der Waals surface area (Å²) >= 11 is 0. The smallest absolute Gasteiger partial charge is 0.272 e. The number of benzene rings is 1. The van der Waals surface area contributed by atoms with Crippen LogP contribution >= 0.6 is 0 Å². The number of imidazole rings is 1. The fraction of sp³-hybridized carbons (Fsp3) is 0.294. The monoisotopic (exact) mass is 309 g/mol. The van der Waals surface area contributed by atoms with Crippen molar-refractivity contribution in [1.29, 1.82) is 0 Å². The summed E-state index contributed by atoms with van der Waals surface area (Å²) in [7, 11) is 1.74. The summed E-state index contributed by atoms with van der Waals surface area (Å²) in [6, 6.07) is 7.75. The van der Waals surface area contributed by atoms with Gasteiger partial charge in [-0.2, -0.15) is 0 Å². The number of nitrogens with one attached hydrogen (secondary N) is 1. The van der Waals surface area contributed by atoms with Gasteiger partial charge in [0.05, 0.1) is 17.6 Å². The Labute approximate surface area is 134 Å². The number of H-pyrrole nitrogens is 1. The molecule has 6 heteroatoms. The van der Waals surface area contributed by atoms with Gasteiger partial charge >= 0.3 is 0 Å². The van der Waals surface area contributed by atoms with Crippen LogP contribution in [0, 0.1) is 20.8 Å². The number of carbonyl (C=O) groups excluding carboxylic acids is 1. The standard InChI is InChI=1S/C17H19N5O/c1-10-5-6-13-14(7-10)21-16(20-13)9-22(4)17(23)15-8-11(2)18-12(3)19-15/h5-8H,9H2,1-4H3,(H,20,21). The van der Waals surface area contributed by atoms with Crippen LogP contribution in [0.4, 0.5) is 0 Å². The summed E-state index contributed by atoms with van der Waals surface area (Å²) in [5.74, 6) is 1.21. The molecule has 0 aliphatic rings. The van der Waals surface area contributed by atoms with Gasteiger partial charge in [-0.15, -0.1) is 0 Å². The van der Waals surface area contributed by atoms with Gasteiger partial charge in [-0.25, -0.2) is 15.0 Å². The van der Waals surface area contributed by atoms with Gasteiger partial charge in [0.25, 0.3) is 5.91 Å². The number of aromatic amines is 1. The number of hydrogen-bond donors (Lipinski definition) is 1. The molecule has 0 aliphatic carbocycles. The van der Waals surface area contributed by atoms with Crippen LogP contribution in [0.3, 0.4) is 0 Å². The highest BCUT2D eigenvalue weighted by Gasteiger charge is 2.16. The number of fused-ring (bicyclic) bond motifs is 1. The minimum atomic E-state index is -0.143. The maximum absolute atomic E-state index is 12.5. The van der Waals surface area contributed by atoms with Gasteiger partial charge in [0.1, 0.15) is 17.3 Å². The summed E-state index contributed by atoms with van der Waals surface area (Å²) in [5, 5.41) is 0. The molecular formula is C17H19N5O. The predicted octanol–water partition coefficient (Wildman–Crippen LogP) is 2.55. The lowest BCUT2D eigenvalue weighted by atomic mass is 10.2. The van der Waals surface area contributed by atoms with Gasteiger partial charge < -0.3 is 9.88 Å². The van der Waals surface area contributed by atoms with Gasteiger partial charge in [-0.05, 0) is 44.5 Å². The van der Waals surface area contributed by atoms with E-state index in [-0.39, 0.29) is 5.91 Å². The molecule has 0 saturated carbocycles. The molecule has 1 N–H and O–H groups in total. The predicted molar refractivity (Wildman–Crippen MR) is 88.1 cm³/mol. The molecule has 2 aromatic heterocycles. The lowest BCUT2D eigenvalue weighted by Crippen LogP contribution is -2.28. The Balaban J connectivity index is 1.81. The van der Waals surface area contributed by atoms with Gasteiger partial charge in [0.2, 0.25) is 0 Å². The molecule has 0 fully saturated rings. The molecule has 1 aromatic carbocycles. The number of hydrogen-bond acceptors (Lipinski definition) is 4. The number of aryl methyl sites for hydroxylation is 3. The third-order valence-corrected chi connectivity index (χ3v) is 3.61. The van der Waals surface area contributed by atoms with Crippen molar-refractivity contribution in [3.63, 3.8) is 0 Å². The molecule has 1 amide bonds. The van der Waals surface area contributed by atoms with E-state index in [1.807, 2.05) is 32.0 Å². The highest BCUT2D eigenvalue weighted by Crippen LogP contribution is 2.14. The Morgan fingerprint density at radius 3 is 2.65 bits per heavy atom. The number of nitrogens with zero attached hydrogens (tertiary/aromatic N) is 4. The van der Waals surface area contributed by atoms with Crippen LogP contribution in [-0.2, 0) is 6.54 Å². The Morgan fingerprint density at radius 1 is 1.13 bits per heavy atom. The third kappa shape index (κ3) is 3.21. The number of carbonyl (C=O) groups is 1. The third-order valence-electron chi connectivity index (χ3n) is 3.61. The Hall–Kier alpha value is -2.76. The second-order valence-corrected chi connectivity index (χ2v) is 5.81. The van der Waals surface area contributed by atoms with E-state index in [0.717, 1.165) is 22.6 Å². The lowest BCUT2D eigenvalue weighted by molar-refractivity contribution is 0.0775. The van der Waals surface area contributed by atoms with Crippen molar-refractivity contribution < 1.29 is 4.79 Å². The SMILES string of the molecule is Cc1ccc2nc(CN(C)C(=O)c3cc(C)nc(C)n3)[nH]c2c1. The molecule has 6 nitrogen and oxygen atoms in total. The highest BCUT2D eigenvalue weighted by molar-refractivity contribution is 5.92. The van der Waals surface area contributed by atoms with Gasteiger partial charge in [-0.1, -0.05) is 6.07 Å². The second kappa shape index (κ2) is 5.79. The first-order valence-corrected chi connectivity index (χ1v) is 7.45. The molecule has 23 heavy (non-hydrogen) atoms. The molecular weight excluding hydrogens is 290 g/mol. The summed E-state index contributed by atoms with van der Waals surface area (Å²) in [5.41, 5.74) is 4.25. The summed E-state index contributed by atoms with van der Waals surface area (Å²) < 4.78 is 0. The van der Waals surface area contributed by atoms with E-state index in [1.165, 1.54) is 5.56 Å². The maximum atomic E-state index is 12.5. The van der Waals surface area contributed by atoms with E-state index < -0.39 is 0 Å². The normalized spacial score (nSPS) is 11.0.